The summed E-state index contributed by atoms with van der Waals surface area (Å²) in [6.07, 6.45) is 1.66. The van der Waals surface area contributed by atoms with Crippen LogP contribution in [-0.2, 0) is 9.59 Å². The fraction of sp³-hybridized carbons (Fsp3) is 0.125. The molecule has 0 heterocycles. The maximum absolute atomic E-state index is 13.6. The van der Waals surface area contributed by atoms with E-state index in [2.05, 4.69) is 29.8 Å². The Morgan fingerprint density at radius 1 is 0.755 bits per heavy atom. The van der Waals surface area contributed by atoms with E-state index < -0.39 is 17.1 Å². The SMILES string of the molecule is COc1ccc(Cl)cc1NC(=O)C(Sc1ccc(NC(=O)/C(=C/c2ccc(C(C)C)cc2)NC(=O)c2ccccc2)cc1)c1ccccc1. The van der Waals surface area contributed by atoms with Gasteiger partial charge in [0.25, 0.3) is 11.8 Å². The molecule has 0 aliphatic rings. The van der Waals surface area contributed by atoms with Gasteiger partial charge >= 0.3 is 0 Å². The molecule has 0 spiro atoms. The van der Waals surface area contributed by atoms with Gasteiger partial charge in [-0.3, -0.25) is 14.4 Å². The first-order chi connectivity index (χ1) is 23.7. The number of benzene rings is 5. The van der Waals surface area contributed by atoms with Crippen molar-refractivity contribution in [3.63, 3.8) is 0 Å². The van der Waals surface area contributed by atoms with Crippen molar-refractivity contribution in [2.45, 2.75) is 29.9 Å². The van der Waals surface area contributed by atoms with Gasteiger partial charge in [-0.2, -0.15) is 0 Å². The van der Waals surface area contributed by atoms with Gasteiger partial charge in [0, 0.05) is 21.2 Å². The van der Waals surface area contributed by atoms with Crippen molar-refractivity contribution in [2.24, 2.45) is 0 Å². The molecule has 0 saturated heterocycles. The second-order valence-electron chi connectivity index (χ2n) is 11.4. The maximum Gasteiger partial charge on any atom is 0.272 e. The van der Waals surface area contributed by atoms with Gasteiger partial charge in [-0.05, 0) is 83.3 Å². The van der Waals surface area contributed by atoms with E-state index in [1.165, 1.54) is 24.4 Å². The third-order valence-corrected chi connectivity index (χ3v) is 9.07. The molecular formula is C40H36ClN3O4S. The van der Waals surface area contributed by atoms with E-state index in [0.717, 1.165) is 16.0 Å². The fourth-order valence-corrected chi connectivity index (χ4v) is 6.11. The number of halogens is 1. The highest BCUT2D eigenvalue weighted by atomic mass is 35.5. The van der Waals surface area contributed by atoms with Gasteiger partial charge in [-0.1, -0.05) is 98.2 Å². The highest BCUT2D eigenvalue weighted by molar-refractivity contribution is 8.00. The van der Waals surface area contributed by atoms with Crippen LogP contribution in [0.15, 0.2) is 138 Å². The second-order valence-corrected chi connectivity index (χ2v) is 13.0. The average molecular weight is 690 g/mol. The van der Waals surface area contributed by atoms with Crippen LogP contribution in [-0.4, -0.2) is 24.8 Å². The molecule has 248 valence electrons. The topological polar surface area (TPSA) is 96.5 Å². The molecule has 5 rings (SSSR count). The van der Waals surface area contributed by atoms with Crippen LogP contribution in [0.1, 0.15) is 52.1 Å². The predicted octanol–water partition coefficient (Wildman–Crippen LogP) is 9.35. The first-order valence-corrected chi connectivity index (χ1v) is 16.9. The summed E-state index contributed by atoms with van der Waals surface area (Å²) in [7, 11) is 1.53. The fourth-order valence-electron chi connectivity index (χ4n) is 4.91. The number of methoxy groups -OCH3 is 1. The second kappa shape index (κ2) is 16.7. The minimum atomic E-state index is -0.602. The molecule has 0 saturated carbocycles. The van der Waals surface area contributed by atoms with Gasteiger partial charge in [0.05, 0.1) is 12.8 Å². The minimum Gasteiger partial charge on any atom is -0.495 e. The Morgan fingerprint density at radius 3 is 2.04 bits per heavy atom. The van der Waals surface area contributed by atoms with Crippen LogP contribution in [0.25, 0.3) is 6.08 Å². The summed E-state index contributed by atoms with van der Waals surface area (Å²) in [6, 6.07) is 38.3. The number of rotatable bonds is 12. The van der Waals surface area contributed by atoms with Crippen molar-refractivity contribution in [3.05, 3.63) is 160 Å². The van der Waals surface area contributed by atoms with Gasteiger partial charge in [0.2, 0.25) is 5.91 Å². The molecule has 9 heteroatoms. The van der Waals surface area contributed by atoms with Crippen LogP contribution in [0.4, 0.5) is 11.4 Å². The molecule has 5 aromatic carbocycles. The first-order valence-electron chi connectivity index (χ1n) is 15.7. The molecule has 5 aromatic rings. The van der Waals surface area contributed by atoms with Crippen LogP contribution in [0.5, 0.6) is 5.75 Å². The molecule has 0 aromatic heterocycles. The minimum absolute atomic E-state index is 0.0989. The lowest BCUT2D eigenvalue weighted by Crippen LogP contribution is -2.30. The molecule has 0 radical (unpaired) electrons. The maximum atomic E-state index is 13.6. The van der Waals surface area contributed by atoms with Crippen molar-refractivity contribution in [1.29, 1.82) is 0 Å². The molecule has 1 unspecified atom stereocenters. The van der Waals surface area contributed by atoms with Crippen LogP contribution in [0.2, 0.25) is 5.02 Å². The van der Waals surface area contributed by atoms with Gasteiger partial charge < -0.3 is 20.7 Å². The molecule has 3 N–H and O–H groups in total. The summed E-state index contributed by atoms with van der Waals surface area (Å²) in [6.45, 7) is 4.23. The molecule has 7 nitrogen and oxygen atoms in total. The van der Waals surface area contributed by atoms with Crippen molar-refractivity contribution in [3.8, 4) is 5.75 Å². The van der Waals surface area contributed by atoms with Gasteiger partial charge in [-0.15, -0.1) is 11.8 Å². The Bertz CT molecular complexity index is 1930. The Labute approximate surface area is 295 Å². The Hall–Kier alpha value is -5.31. The summed E-state index contributed by atoms with van der Waals surface area (Å²) in [5.41, 5.74) is 4.28. The Kier molecular flexibility index (Phi) is 11.9. The molecule has 3 amide bonds. The largest absolute Gasteiger partial charge is 0.495 e. The number of ether oxygens (including phenoxy) is 1. The van der Waals surface area contributed by atoms with E-state index in [1.54, 1.807) is 60.7 Å². The average Bonchev–Trinajstić information content (AvgIpc) is 3.12. The normalized spacial score (nSPS) is 11.8. The number of thioether (sulfide) groups is 1. The predicted molar refractivity (Wildman–Crippen MR) is 199 cm³/mol. The monoisotopic (exact) mass is 689 g/mol. The lowest BCUT2D eigenvalue weighted by atomic mass is 10.0. The number of carbonyl (C=O) groups is 3. The highest BCUT2D eigenvalue weighted by Crippen LogP contribution is 2.38. The van der Waals surface area contributed by atoms with E-state index in [4.69, 9.17) is 16.3 Å². The van der Waals surface area contributed by atoms with Crippen molar-refractivity contribution in [1.82, 2.24) is 5.32 Å². The van der Waals surface area contributed by atoms with E-state index in [0.29, 0.717) is 33.6 Å². The van der Waals surface area contributed by atoms with Gasteiger partial charge in [-0.25, -0.2) is 0 Å². The van der Waals surface area contributed by atoms with Crippen LogP contribution >= 0.6 is 23.4 Å². The highest BCUT2D eigenvalue weighted by Gasteiger charge is 2.24. The molecule has 0 aliphatic heterocycles. The first kappa shape index (κ1) is 35.0. The Morgan fingerprint density at radius 2 is 1.41 bits per heavy atom. The third kappa shape index (κ3) is 9.63. The number of amides is 3. The Balaban J connectivity index is 1.34. The van der Waals surface area contributed by atoms with Crippen molar-refractivity contribution < 1.29 is 19.1 Å². The quantitative estimate of drug-likeness (QED) is 0.0896. The lowest BCUT2D eigenvalue weighted by molar-refractivity contribution is -0.116. The number of nitrogens with one attached hydrogen (secondary N) is 3. The van der Waals surface area contributed by atoms with Crippen LogP contribution < -0.4 is 20.7 Å². The van der Waals surface area contributed by atoms with E-state index in [9.17, 15) is 14.4 Å². The molecule has 0 fully saturated rings. The number of carbonyl (C=O) groups excluding carboxylic acids is 3. The summed E-state index contributed by atoms with van der Waals surface area (Å²) in [4.78, 5) is 41.1. The summed E-state index contributed by atoms with van der Waals surface area (Å²) < 4.78 is 5.41. The zero-order valence-electron chi connectivity index (χ0n) is 27.3. The smallest absolute Gasteiger partial charge is 0.272 e. The van der Waals surface area contributed by atoms with Gasteiger partial charge in [0.15, 0.2) is 0 Å². The molecule has 1 atom stereocenters. The summed E-state index contributed by atoms with van der Waals surface area (Å²) in [5, 5.41) is 8.51. The van der Waals surface area contributed by atoms with Crippen LogP contribution in [0, 0.1) is 0 Å². The standard InChI is InChI=1S/C40H36ClN3O4S/c1-26(2)28-16-14-27(15-17-28)24-35(44-38(45)30-12-8-5-9-13-30)39(46)42-32-19-21-33(22-20-32)49-37(29-10-6-4-7-11-29)40(47)43-34-25-31(41)18-23-36(34)48-3/h4-26,37H,1-3H3,(H,42,46)(H,43,47)(H,44,45)/b35-24-. The number of hydrogen-bond acceptors (Lipinski definition) is 5. The molecular weight excluding hydrogens is 654 g/mol. The van der Waals surface area contributed by atoms with E-state index in [1.807, 2.05) is 72.8 Å². The lowest BCUT2D eigenvalue weighted by Gasteiger charge is -2.19. The zero-order valence-corrected chi connectivity index (χ0v) is 28.8. The number of hydrogen-bond donors (Lipinski definition) is 3. The van der Waals surface area contributed by atoms with Crippen molar-refractivity contribution in [2.75, 3.05) is 17.7 Å². The number of anilines is 2. The van der Waals surface area contributed by atoms with E-state index in [-0.39, 0.29) is 11.6 Å². The summed E-state index contributed by atoms with van der Waals surface area (Å²) >= 11 is 7.56. The van der Waals surface area contributed by atoms with Gasteiger partial charge in [0.1, 0.15) is 16.7 Å². The van der Waals surface area contributed by atoms with Crippen molar-refractivity contribution >= 4 is 58.5 Å². The molecule has 0 aliphatic carbocycles. The zero-order chi connectivity index (χ0) is 34.8. The van der Waals surface area contributed by atoms with E-state index >= 15 is 0 Å². The molecule has 49 heavy (non-hydrogen) atoms. The third-order valence-electron chi connectivity index (χ3n) is 7.57. The molecule has 0 bridgehead atoms. The summed E-state index contributed by atoms with van der Waals surface area (Å²) in [5.74, 6) is -0.263. The van der Waals surface area contributed by atoms with Crippen LogP contribution in [0.3, 0.4) is 0 Å².